The second-order valence-corrected chi connectivity index (χ2v) is 6.85. The van der Waals surface area contributed by atoms with Crippen LogP contribution in [-0.2, 0) is 0 Å². The van der Waals surface area contributed by atoms with Crippen molar-refractivity contribution in [2.45, 2.75) is 33.1 Å². The monoisotopic (exact) mass is 413 g/mol. The van der Waals surface area contributed by atoms with Crippen LogP contribution in [0.25, 0.3) is 0 Å². The second kappa shape index (κ2) is 11.8. The van der Waals surface area contributed by atoms with Gasteiger partial charge in [0.15, 0.2) is 5.11 Å². The largest absolute Gasteiger partial charge is 0.493 e. The molecule has 2 rings (SSSR count). The number of benzene rings is 2. The third kappa shape index (κ3) is 7.19. The molecule has 0 saturated carbocycles. The molecule has 0 atom stereocenters. The molecular weight excluding hydrogens is 386 g/mol. The Labute approximate surface area is 177 Å². The third-order valence-electron chi connectivity index (χ3n) is 4.04. The molecular formula is C22H27N3O3S. The lowest BCUT2D eigenvalue weighted by Crippen LogP contribution is -2.34. The molecule has 0 fully saturated rings. The van der Waals surface area contributed by atoms with E-state index in [4.69, 9.17) is 17.0 Å². The summed E-state index contributed by atoms with van der Waals surface area (Å²) in [4.78, 5) is 24.6. The Kier molecular flexibility index (Phi) is 9.11. The van der Waals surface area contributed by atoms with Gasteiger partial charge in [0.05, 0.1) is 12.2 Å². The lowest BCUT2D eigenvalue weighted by Gasteiger charge is -2.13. The number of rotatable bonds is 9. The number of thiocarbonyl (C=S) groups is 1. The predicted molar refractivity (Wildman–Crippen MR) is 120 cm³/mol. The van der Waals surface area contributed by atoms with Crippen LogP contribution in [0.4, 0.5) is 5.69 Å². The topological polar surface area (TPSA) is 79.5 Å². The molecule has 0 radical (unpaired) electrons. The molecule has 2 aromatic rings. The van der Waals surface area contributed by atoms with Crippen LogP contribution in [-0.4, -0.2) is 30.1 Å². The summed E-state index contributed by atoms with van der Waals surface area (Å²) in [5, 5.41) is 8.64. The SMILES string of the molecule is CCCCNC(=O)c1ccc(NC(=S)NC(=O)c2ccccc2OCCC)cc1. The summed E-state index contributed by atoms with van der Waals surface area (Å²) in [7, 11) is 0. The van der Waals surface area contributed by atoms with Gasteiger partial charge in [-0.1, -0.05) is 32.4 Å². The highest BCUT2D eigenvalue weighted by atomic mass is 32.1. The highest BCUT2D eigenvalue weighted by Gasteiger charge is 2.13. The molecule has 0 aliphatic heterocycles. The fourth-order valence-electron chi connectivity index (χ4n) is 2.51. The first-order valence-electron chi connectivity index (χ1n) is 9.77. The van der Waals surface area contributed by atoms with Crippen LogP contribution in [0.2, 0.25) is 0 Å². The summed E-state index contributed by atoms with van der Waals surface area (Å²) < 4.78 is 5.62. The van der Waals surface area contributed by atoms with Gasteiger partial charge in [0.25, 0.3) is 11.8 Å². The van der Waals surface area contributed by atoms with Gasteiger partial charge < -0.3 is 15.4 Å². The first-order valence-corrected chi connectivity index (χ1v) is 10.2. The van der Waals surface area contributed by atoms with Crippen LogP contribution in [0.3, 0.4) is 0 Å². The van der Waals surface area contributed by atoms with E-state index in [1.54, 1.807) is 42.5 Å². The molecule has 6 nitrogen and oxygen atoms in total. The van der Waals surface area contributed by atoms with Gasteiger partial charge in [-0.2, -0.15) is 0 Å². The molecule has 2 aromatic carbocycles. The van der Waals surface area contributed by atoms with Crippen molar-refractivity contribution in [3.8, 4) is 5.75 Å². The molecule has 0 aliphatic carbocycles. The Morgan fingerprint density at radius 2 is 1.69 bits per heavy atom. The van der Waals surface area contributed by atoms with Crippen LogP contribution in [0.5, 0.6) is 5.75 Å². The van der Waals surface area contributed by atoms with Crippen LogP contribution in [0.15, 0.2) is 48.5 Å². The summed E-state index contributed by atoms with van der Waals surface area (Å²) >= 11 is 5.23. The number of amides is 2. The van der Waals surface area contributed by atoms with E-state index < -0.39 is 0 Å². The molecule has 0 spiro atoms. The third-order valence-corrected chi connectivity index (χ3v) is 4.25. The number of unbranched alkanes of at least 4 members (excludes halogenated alkanes) is 1. The summed E-state index contributed by atoms with van der Waals surface area (Å²) in [6, 6.07) is 13.9. The van der Waals surface area contributed by atoms with Gasteiger partial charge in [0.1, 0.15) is 5.75 Å². The minimum Gasteiger partial charge on any atom is -0.493 e. The summed E-state index contributed by atoms with van der Waals surface area (Å²) in [6.45, 7) is 5.27. The Balaban J connectivity index is 1.92. The van der Waals surface area contributed by atoms with E-state index in [2.05, 4.69) is 22.9 Å². The van der Waals surface area contributed by atoms with Crippen molar-refractivity contribution in [2.75, 3.05) is 18.5 Å². The normalized spacial score (nSPS) is 10.1. The summed E-state index contributed by atoms with van der Waals surface area (Å²) in [5.41, 5.74) is 1.67. The van der Waals surface area contributed by atoms with Crippen LogP contribution in [0.1, 0.15) is 53.8 Å². The van der Waals surface area contributed by atoms with Gasteiger partial charge in [-0.25, -0.2) is 0 Å². The molecule has 0 aromatic heterocycles. The Morgan fingerprint density at radius 3 is 2.38 bits per heavy atom. The average Bonchev–Trinajstić information content (AvgIpc) is 2.73. The van der Waals surface area contributed by atoms with E-state index in [1.165, 1.54) is 0 Å². The van der Waals surface area contributed by atoms with Gasteiger partial charge in [0, 0.05) is 17.8 Å². The zero-order valence-electron chi connectivity index (χ0n) is 16.8. The van der Waals surface area contributed by atoms with E-state index in [0.717, 1.165) is 19.3 Å². The number of nitrogens with one attached hydrogen (secondary N) is 3. The molecule has 3 N–H and O–H groups in total. The highest BCUT2D eigenvalue weighted by molar-refractivity contribution is 7.80. The van der Waals surface area contributed by atoms with Crippen molar-refractivity contribution in [2.24, 2.45) is 0 Å². The van der Waals surface area contributed by atoms with Crippen LogP contribution in [0, 0.1) is 0 Å². The van der Waals surface area contributed by atoms with E-state index in [-0.39, 0.29) is 16.9 Å². The highest BCUT2D eigenvalue weighted by Crippen LogP contribution is 2.18. The van der Waals surface area contributed by atoms with Gasteiger partial charge in [-0.15, -0.1) is 0 Å². The second-order valence-electron chi connectivity index (χ2n) is 6.44. The van der Waals surface area contributed by atoms with E-state index >= 15 is 0 Å². The number of carbonyl (C=O) groups excluding carboxylic acids is 2. The van der Waals surface area contributed by atoms with Gasteiger partial charge in [-0.05, 0) is 61.5 Å². The minimum absolute atomic E-state index is 0.107. The first-order chi connectivity index (χ1) is 14.0. The molecule has 154 valence electrons. The Bertz CT molecular complexity index is 837. The first kappa shape index (κ1) is 22.4. The fraction of sp³-hybridized carbons (Fsp3) is 0.318. The maximum Gasteiger partial charge on any atom is 0.261 e. The van der Waals surface area contributed by atoms with E-state index in [1.807, 2.05) is 13.0 Å². The standard InChI is InChI=1S/C22H27N3O3S/c1-3-5-14-23-20(26)16-10-12-17(13-11-16)24-22(29)25-21(27)18-8-6-7-9-19(18)28-15-4-2/h6-13H,3-5,14-15H2,1-2H3,(H,23,26)(H2,24,25,27,29). The number of hydrogen-bond acceptors (Lipinski definition) is 4. The fourth-order valence-corrected chi connectivity index (χ4v) is 2.72. The van der Waals surface area contributed by atoms with Crippen LogP contribution < -0.4 is 20.7 Å². The molecule has 29 heavy (non-hydrogen) atoms. The number of hydrogen-bond donors (Lipinski definition) is 3. The van der Waals surface area contributed by atoms with Gasteiger partial charge in [0.2, 0.25) is 0 Å². The van der Waals surface area contributed by atoms with E-state index in [9.17, 15) is 9.59 Å². The van der Waals surface area contributed by atoms with E-state index in [0.29, 0.717) is 35.7 Å². The predicted octanol–water partition coefficient (Wildman–Crippen LogP) is 4.13. The van der Waals surface area contributed by atoms with Gasteiger partial charge in [-0.3, -0.25) is 14.9 Å². The molecule has 0 aliphatic rings. The molecule has 0 heterocycles. The van der Waals surface area contributed by atoms with Crippen molar-refractivity contribution in [3.63, 3.8) is 0 Å². The molecule has 2 amide bonds. The molecule has 0 bridgehead atoms. The Hall–Kier alpha value is -2.93. The zero-order chi connectivity index (χ0) is 21.1. The minimum atomic E-state index is -0.346. The summed E-state index contributed by atoms with van der Waals surface area (Å²) in [5.74, 6) is 0.0683. The zero-order valence-corrected chi connectivity index (χ0v) is 17.6. The maximum atomic E-state index is 12.5. The average molecular weight is 414 g/mol. The lowest BCUT2D eigenvalue weighted by molar-refractivity contribution is 0.0950. The maximum absolute atomic E-state index is 12.5. The summed E-state index contributed by atoms with van der Waals surface area (Å²) in [6.07, 6.45) is 2.83. The number of para-hydroxylation sites is 1. The van der Waals surface area contributed by atoms with Crippen molar-refractivity contribution < 1.29 is 14.3 Å². The van der Waals surface area contributed by atoms with Gasteiger partial charge >= 0.3 is 0 Å². The number of ether oxygens (including phenoxy) is 1. The van der Waals surface area contributed by atoms with Crippen molar-refractivity contribution in [1.82, 2.24) is 10.6 Å². The van der Waals surface area contributed by atoms with Crippen molar-refractivity contribution in [1.29, 1.82) is 0 Å². The van der Waals surface area contributed by atoms with Crippen LogP contribution >= 0.6 is 12.2 Å². The lowest BCUT2D eigenvalue weighted by atomic mass is 10.2. The molecule has 0 saturated heterocycles. The van der Waals surface area contributed by atoms with Crippen molar-refractivity contribution >= 4 is 34.8 Å². The smallest absolute Gasteiger partial charge is 0.261 e. The quantitative estimate of drug-likeness (QED) is 0.425. The Morgan fingerprint density at radius 1 is 0.966 bits per heavy atom. The van der Waals surface area contributed by atoms with Crippen molar-refractivity contribution in [3.05, 3.63) is 59.7 Å². The number of anilines is 1. The molecule has 0 unspecified atom stereocenters. The number of carbonyl (C=O) groups is 2. The molecule has 7 heteroatoms.